The summed E-state index contributed by atoms with van der Waals surface area (Å²) in [5.74, 6) is -0.469. The Morgan fingerprint density at radius 3 is 2.10 bits per heavy atom. The van der Waals surface area contributed by atoms with Crippen molar-refractivity contribution in [2.75, 3.05) is 31.6 Å². The van der Waals surface area contributed by atoms with Crippen molar-refractivity contribution in [1.29, 1.82) is 0 Å². The van der Waals surface area contributed by atoms with Crippen molar-refractivity contribution < 1.29 is 27.5 Å². The standard InChI is InChI=1S/C36H39Cl2N3O6S/c1-5-20-39-36(43)32(21-26-10-7-6-8-11-26)40(23-29-30(37)12-9-13-31(29)38)35(42)24-41(27-16-14-25(2)15-17-27)48(44,45)28-18-19-33(46-3)34(22-28)47-4/h6-19,22,32H,5,20-21,23-24H2,1-4H3,(H,39,43). The van der Waals surface area contributed by atoms with Crippen molar-refractivity contribution >= 4 is 50.7 Å². The Morgan fingerprint density at radius 2 is 1.50 bits per heavy atom. The van der Waals surface area contributed by atoms with Crippen LogP contribution < -0.4 is 19.1 Å². The van der Waals surface area contributed by atoms with Gasteiger partial charge in [0, 0.05) is 41.2 Å². The SMILES string of the molecule is CCCNC(=O)C(Cc1ccccc1)N(Cc1c(Cl)cccc1Cl)C(=O)CN(c1ccc(C)cc1)S(=O)(=O)c1ccc(OC)c(OC)c1. The molecule has 0 bridgehead atoms. The van der Waals surface area contributed by atoms with Gasteiger partial charge in [0.05, 0.1) is 24.8 Å². The van der Waals surface area contributed by atoms with Gasteiger partial charge in [-0.2, -0.15) is 0 Å². The summed E-state index contributed by atoms with van der Waals surface area (Å²) in [6, 6.07) is 24.2. The summed E-state index contributed by atoms with van der Waals surface area (Å²) in [6.45, 7) is 3.42. The fourth-order valence-corrected chi connectivity index (χ4v) is 7.06. The summed E-state index contributed by atoms with van der Waals surface area (Å²) >= 11 is 13.2. The normalized spacial score (nSPS) is 11.8. The molecule has 254 valence electrons. The summed E-state index contributed by atoms with van der Waals surface area (Å²) < 4.78 is 40.5. The second-order valence-corrected chi connectivity index (χ2v) is 13.8. The molecule has 0 aliphatic heterocycles. The number of carbonyl (C=O) groups excluding carboxylic acids is 2. The van der Waals surface area contributed by atoms with E-state index in [4.69, 9.17) is 32.7 Å². The molecule has 9 nitrogen and oxygen atoms in total. The van der Waals surface area contributed by atoms with Gasteiger partial charge in [0.15, 0.2) is 11.5 Å². The molecule has 0 saturated heterocycles. The highest BCUT2D eigenvalue weighted by Crippen LogP contribution is 2.33. The maximum absolute atomic E-state index is 14.6. The van der Waals surface area contributed by atoms with E-state index in [9.17, 15) is 18.0 Å². The molecule has 0 spiro atoms. The molecular formula is C36H39Cl2N3O6S. The van der Waals surface area contributed by atoms with E-state index in [1.54, 1.807) is 42.5 Å². The number of amides is 2. The van der Waals surface area contributed by atoms with Gasteiger partial charge < -0.3 is 19.7 Å². The quantitative estimate of drug-likeness (QED) is 0.148. The van der Waals surface area contributed by atoms with Gasteiger partial charge in [0.1, 0.15) is 12.6 Å². The molecule has 12 heteroatoms. The van der Waals surface area contributed by atoms with Crippen LogP contribution in [-0.2, 0) is 32.6 Å². The van der Waals surface area contributed by atoms with E-state index < -0.39 is 28.5 Å². The molecule has 0 aliphatic rings. The third-order valence-electron chi connectivity index (χ3n) is 7.75. The molecule has 0 saturated carbocycles. The van der Waals surface area contributed by atoms with E-state index in [2.05, 4.69) is 5.32 Å². The number of hydrogen-bond acceptors (Lipinski definition) is 6. The smallest absolute Gasteiger partial charge is 0.264 e. The first-order chi connectivity index (χ1) is 23.0. The summed E-state index contributed by atoms with van der Waals surface area (Å²) in [7, 11) is -1.51. The van der Waals surface area contributed by atoms with Crippen LogP contribution >= 0.6 is 23.2 Å². The number of nitrogens with one attached hydrogen (secondary N) is 1. The number of carbonyl (C=O) groups is 2. The Balaban J connectivity index is 1.85. The van der Waals surface area contributed by atoms with Crippen molar-refractivity contribution in [3.05, 3.63) is 118 Å². The van der Waals surface area contributed by atoms with Crippen LogP contribution in [0.15, 0.2) is 95.9 Å². The number of halogens is 2. The molecule has 48 heavy (non-hydrogen) atoms. The predicted octanol–water partition coefficient (Wildman–Crippen LogP) is 6.68. The Hall–Kier alpha value is -4.25. The largest absolute Gasteiger partial charge is 0.493 e. The summed E-state index contributed by atoms with van der Waals surface area (Å²) in [4.78, 5) is 29.7. The van der Waals surface area contributed by atoms with Gasteiger partial charge in [-0.1, -0.05) is 84.2 Å². The zero-order valence-electron chi connectivity index (χ0n) is 27.3. The van der Waals surface area contributed by atoms with Crippen molar-refractivity contribution in [2.45, 2.75) is 44.2 Å². The fraction of sp³-hybridized carbons (Fsp3) is 0.278. The molecule has 1 N–H and O–H groups in total. The van der Waals surface area contributed by atoms with Crippen LogP contribution in [0.3, 0.4) is 0 Å². The highest BCUT2D eigenvalue weighted by molar-refractivity contribution is 7.92. The summed E-state index contributed by atoms with van der Waals surface area (Å²) in [5, 5.41) is 3.53. The summed E-state index contributed by atoms with van der Waals surface area (Å²) in [6.07, 6.45) is 0.843. The Morgan fingerprint density at radius 1 is 0.854 bits per heavy atom. The molecule has 4 aromatic rings. The Labute approximate surface area is 292 Å². The van der Waals surface area contributed by atoms with Crippen molar-refractivity contribution in [3.63, 3.8) is 0 Å². The van der Waals surface area contributed by atoms with Crippen LogP contribution in [0, 0.1) is 6.92 Å². The third kappa shape index (κ3) is 8.80. The average Bonchev–Trinajstić information content (AvgIpc) is 3.09. The van der Waals surface area contributed by atoms with Crippen molar-refractivity contribution in [2.24, 2.45) is 0 Å². The molecular weight excluding hydrogens is 673 g/mol. The van der Waals surface area contributed by atoms with Crippen molar-refractivity contribution in [1.82, 2.24) is 10.2 Å². The molecule has 2 amide bonds. The minimum absolute atomic E-state index is 0.115. The van der Waals surface area contributed by atoms with Gasteiger partial charge in [-0.3, -0.25) is 13.9 Å². The number of rotatable bonds is 15. The lowest BCUT2D eigenvalue weighted by molar-refractivity contribution is -0.140. The average molecular weight is 713 g/mol. The van der Waals surface area contributed by atoms with Gasteiger partial charge in [-0.15, -0.1) is 0 Å². The summed E-state index contributed by atoms with van der Waals surface area (Å²) in [5.41, 5.74) is 2.40. The third-order valence-corrected chi connectivity index (χ3v) is 10.2. The van der Waals surface area contributed by atoms with E-state index in [0.717, 1.165) is 15.4 Å². The zero-order chi connectivity index (χ0) is 34.8. The van der Waals surface area contributed by atoms with Crippen LogP contribution in [0.2, 0.25) is 10.0 Å². The number of hydrogen-bond donors (Lipinski definition) is 1. The second-order valence-electron chi connectivity index (χ2n) is 11.1. The molecule has 0 aliphatic carbocycles. The molecule has 0 radical (unpaired) electrons. The van der Waals surface area contributed by atoms with E-state index in [1.165, 1.54) is 37.3 Å². The minimum atomic E-state index is -4.36. The van der Waals surface area contributed by atoms with E-state index in [0.29, 0.717) is 34.3 Å². The Bertz CT molecular complexity index is 1800. The Kier molecular flexibility index (Phi) is 12.7. The van der Waals surface area contributed by atoms with Gasteiger partial charge in [-0.05, 0) is 55.3 Å². The molecule has 1 atom stereocenters. The number of methoxy groups -OCH3 is 2. The van der Waals surface area contributed by atoms with E-state index >= 15 is 0 Å². The molecule has 0 aromatic heterocycles. The van der Waals surface area contributed by atoms with Gasteiger partial charge in [0.25, 0.3) is 10.0 Å². The topological polar surface area (TPSA) is 105 Å². The molecule has 1 unspecified atom stereocenters. The van der Waals surface area contributed by atoms with Gasteiger partial charge >= 0.3 is 0 Å². The second kappa shape index (κ2) is 16.7. The van der Waals surface area contributed by atoms with Gasteiger partial charge in [-0.25, -0.2) is 8.42 Å². The molecule has 4 rings (SSSR count). The van der Waals surface area contributed by atoms with Crippen LogP contribution in [-0.4, -0.2) is 58.5 Å². The number of aryl methyl sites for hydroxylation is 1. The van der Waals surface area contributed by atoms with Crippen LogP contribution in [0.5, 0.6) is 11.5 Å². The number of sulfonamides is 1. The van der Waals surface area contributed by atoms with E-state index in [-0.39, 0.29) is 35.2 Å². The molecule has 0 fully saturated rings. The maximum atomic E-state index is 14.6. The number of benzene rings is 4. The van der Waals surface area contributed by atoms with Crippen LogP contribution in [0.1, 0.15) is 30.0 Å². The molecule has 0 heterocycles. The highest BCUT2D eigenvalue weighted by Gasteiger charge is 2.35. The molecule has 4 aromatic carbocycles. The lowest BCUT2D eigenvalue weighted by Crippen LogP contribution is -2.53. The number of ether oxygens (including phenoxy) is 2. The first kappa shape index (κ1) is 36.6. The fourth-order valence-electron chi connectivity index (χ4n) is 5.12. The van der Waals surface area contributed by atoms with Gasteiger partial charge in [0.2, 0.25) is 11.8 Å². The maximum Gasteiger partial charge on any atom is 0.264 e. The zero-order valence-corrected chi connectivity index (χ0v) is 29.6. The predicted molar refractivity (Wildman–Crippen MR) is 190 cm³/mol. The van der Waals surface area contributed by atoms with Crippen molar-refractivity contribution in [3.8, 4) is 11.5 Å². The van der Waals surface area contributed by atoms with Crippen LogP contribution in [0.25, 0.3) is 0 Å². The number of nitrogens with zero attached hydrogens (tertiary/aromatic N) is 2. The monoisotopic (exact) mass is 711 g/mol. The minimum Gasteiger partial charge on any atom is -0.493 e. The highest BCUT2D eigenvalue weighted by atomic mass is 35.5. The lowest BCUT2D eigenvalue weighted by Gasteiger charge is -2.34. The first-order valence-corrected chi connectivity index (χ1v) is 17.5. The number of anilines is 1. The van der Waals surface area contributed by atoms with E-state index in [1.807, 2.05) is 44.2 Å². The first-order valence-electron chi connectivity index (χ1n) is 15.4. The van der Waals surface area contributed by atoms with Crippen LogP contribution in [0.4, 0.5) is 5.69 Å². The lowest BCUT2D eigenvalue weighted by atomic mass is 10.0.